The second-order valence-corrected chi connectivity index (χ2v) is 5.75. The second kappa shape index (κ2) is 6.58. The van der Waals surface area contributed by atoms with E-state index < -0.39 is 4.92 Å². The Hall–Kier alpha value is -2.08. The van der Waals surface area contributed by atoms with Gasteiger partial charge in [0.25, 0.3) is 0 Å². The molecule has 0 spiro atoms. The quantitative estimate of drug-likeness (QED) is 0.636. The molecule has 0 saturated carbocycles. The average Bonchev–Trinajstić information content (AvgIpc) is 2.81. The molecule has 0 aliphatic rings. The van der Waals surface area contributed by atoms with Gasteiger partial charge in [-0.3, -0.25) is 10.1 Å². The van der Waals surface area contributed by atoms with Gasteiger partial charge < -0.3 is 10.1 Å². The fourth-order valence-corrected chi connectivity index (χ4v) is 2.82. The number of para-hydroxylation sites is 1. The Bertz CT molecular complexity index is 638. The number of benzene rings is 1. The number of nitrogens with one attached hydrogen (secondary N) is 1. The summed E-state index contributed by atoms with van der Waals surface area (Å²) < 4.78 is 5.53. The number of ether oxygens (including phenoxy) is 1. The zero-order chi connectivity index (χ0) is 15.4. The molecule has 5 nitrogen and oxygen atoms in total. The molecule has 112 valence electrons. The minimum absolute atomic E-state index is 0.0147. The van der Waals surface area contributed by atoms with E-state index in [4.69, 9.17) is 4.74 Å². The number of nitrogens with zero attached hydrogens (tertiary/aromatic N) is 1. The number of anilines is 1. The first-order valence-electron chi connectivity index (χ1n) is 6.68. The van der Waals surface area contributed by atoms with Crippen LogP contribution >= 0.6 is 11.3 Å². The molecule has 0 bridgehead atoms. The van der Waals surface area contributed by atoms with E-state index in [9.17, 15) is 10.1 Å². The maximum absolute atomic E-state index is 11.3. The number of nitro benzene ring substituents is 1. The molecule has 0 fully saturated rings. The Labute approximate surface area is 127 Å². The smallest absolute Gasteiger partial charge is 0.333 e. The van der Waals surface area contributed by atoms with Crippen molar-refractivity contribution in [2.45, 2.75) is 33.4 Å². The molecule has 1 heterocycles. The van der Waals surface area contributed by atoms with E-state index in [1.54, 1.807) is 29.5 Å². The van der Waals surface area contributed by atoms with E-state index in [-0.39, 0.29) is 11.8 Å². The average molecular weight is 306 g/mol. The molecule has 1 aromatic carbocycles. The summed E-state index contributed by atoms with van der Waals surface area (Å²) >= 11 is 1.62. The fourth-order valence-electron chi connectivity index (χ4n) is 1.96. The molecule has 1 aromatic heterocycles. The van der Waals surface area contributed by atoms with Crippen molar-refractivity contribution in [3.8, 4) is 5.75 Å². The van der Waals surface area contributed by atoms with E-state index in [1.165, 1.54) is 5.56 Å². The van der Waals surface area contributed by atoms with Crippen LogP contribution in [0.3, 0.4) is 0 Å². The summed E-state index contributed by atoms with van der Waals surface area (Å²) in [6.07, 6.45) is -0.113. The molecular formula is C15H18N2O3S. The number of thiophene rings is 1. The molecule has 0 aliphatic heterocycles. The van der Waals surface area contributed by atoms with Crippen molar-refractivity contribution in [3.05, 3.63) is 50.2 Å². The van der Waals surface area contributed by atoms with Crippen LogP contribution in [0.5, 0.6) is 5.75 Å². The molecule has 0 radical (unpaired) electrons. The Kier molecular flexibility index (Phi) is 4.80. The molecular weight excluding hydrogens is 288 g/mol. The Balaban J connectivity index is 2.26. The molecule has 1 N–H and O–H groups in total. The maximum atomic E-state index is 11.3. The summed E-state index contributed by atoms with van der Waals surface area (Å²) in [4.78, 5) is 10.9. The van der Waals surface area contributed by atoms with E-state index in [1.807, 2.05) is 26.2 Å². The highest BCUT2D eigenvalue weighted by Crippen LogP contribution is 2.35. The fraction of sp³-hybridized carbons (Fsp3) is 0.333. The van der Waals surface area contributed by atoms with Gasteiger partial charge in [-0.25, -0.2) is 0 Å². The topological polar surface area (TPSA) is 64.4 Å². The Morgan fingerprint density at radius 2 is 2.14 bits per heavy atom. The van der Waals surface area contributed by atoms with Gasteiger partial charge in [-0.1, -0.05) is 6.07 Å². The van der Waals surface area contributed by atoms with E-state index in [2.05, 4.69) is 10.7 Å². The number of rotatable bonds is 6. The molecule has 2 aromatic rings. The molecule has 2 rings (SSSR count). The molecule has 0 aliphatic carbocycles. The SMILES string of the molecule is Cc1cscc1CNc1cccc(OC(C)C)c1[N+](=O)[O-]. The molecule has 0 atom stereocenters. The number of nitro groups is 1. The summed E-state index contributed by atoms with van der Waals surface area (Å²) in [5.74, 6) is 0.294. The summed E-state index contributed by atoms with van der Waals surface area (Å²) in [5, 5.41) is 18.6. The Morgan fingerprint density at radius 3 is 2.71 bits per heavy atom. The molecule has 21 heavy (non-hydrogen) atoms. The zero-order valence-electron chi connectivity index (χ0n) is 12.3. The monoisotopic (exact) mass is 306 g/mol. The van der Waals surface area contributed by atoms with Gasteiger partial charge in [0, 0.05) is 6.54 Å². The van der Waals surface area contributed by atoms with Gasteiger partial charge >= 0.3 is 5.69 Å². The highest BCUT2D eigenvalue weighted by molar-refractivity contribution is 7.08. The largest absolute Gasteiger partial charge is 0.484 e. The first-order valence-corrected chi connectivity index (χ1v) is 7.63. The van der Waals surface area contributed by atoms with E-state index >= 15 is 0 Å². The van der Waals surface area contributed by atoms with Gasteiger partial charge in [0.15, 0.2) is 5.75 Å². The lowest BCUT2D eigenvalue weighted by Gasteiger charge is -2.13. The number of aryl methyl sites for hydroxylation is 1. The first kappa shape index (κ1) is 15.3. The predicted molar refractivity (Wildman–Crippen MR) is 85.2 cm³/mol. The second-order valence-electron chi connectivity index (χ2n) is 5.01. The lowest BCUT2D eigenvalue weighted by atomic mass is 10.2. The van der Waals surface area contributed by atoms with Crippen molar-refractivity contribution in [2.75, 3.05) is 5.32 Å². The lowest BCUT2D eigenvalue weighted by Crippen LogP contribution is -2.09. The summed E-state index contributed by atoms with van der Waals surface area (Å²) in [6.45, 7) is 6.28. The summed E-state index contributed by atoms with van der Waals surface area (Å²) in [7, 11) is 0. The zero-order valence-corrected chi connectivity index (χ0v) is 13.1. The Morgan fingerprint density at radius 1 is 1.38 bits per heavy atom. The summed E-state index contributed by atoms with van der Waals surface area (Å²) in [6, 6.07) is 5.08. The van der Waals surface area contributed by atoms with Crippen LogP contribution in [0, 0.1) is 17.0 Å². The van der Waals surface area contributed by atoms with Crippen LogP contribution in [-0.2, 0) is 6.54 Å². The van der Waals surface area contributed by atoms with Crippen molar-refractivity contribution in [2.24, 2.45) is 0 Å². The first-order chi connectivity index (χ1) is 9.99. The van der Waals surface area contributed by atoms with Gasteiger partial charge in [-0.2, -0.15) is 11.3 Å². The van der Waals surface area contributed by atoms with E-state index in [0.717, 1.165) is 5.56 Å². The minimum atomic E-state index is -0.402. The van der Waals surface area contributed by atoms with Crippen LogP contribution in [-0.4, -0.2) is 11.0 Å². The van der Waals surface area contributed by atoms with Crippen LogP contribution in [0.15, 0.2) is 29.0 Å². The van der Waals surface area contributed by atoms with Crippen LogP contribution in [0.25, 0.3) is 0 Å². The molecule has 0 amide bonds. The van der Waals surface area contributed by atoms with Crippen molar-refractivity contribution in [3.63, 3.8) is 0 Å². The van der Waals surface area contributed by atoms with Gasteiger partial charge in [-0.15, -0.1) is 0 Å². The predicted octanol–water partition coefficient (Wildman–Crippen LogP) is 4.36. The van der Waals surface area contributed by atoms with Crippen molar-refractivity contribution < 1.29 is 9.66 Å². The third-order valence-corrected chi connectivity index (χ3v) is 3.89. The number of hydrogen-bond donors (Lipinski definition) is 1. The van der Waals surface area contributed by atoms with E-state index in [0.29, 0.717) is 18.0 Å². The van der Waals surface area contributed by atoms with Crippen LogP contribution in [0.2, 0.25) is 0 Å². The van der Waals surface area contributed by atoms with Gasteiger partial charge in [-0.05, 0) is 54.8 Å². The van der Waals surface area contributed by atoms with Gasteiger partial charge in [0.1, 0.15) is 5.69 Å². The van der Waals surface area contributed by atoms with Crippen molar-refractivity contribution in [1.82, 2.24) is 0 Å². The third kappa shape index (κ3) is 3.72. The van der Waals surface area contributed by atoms with Crippen LogP contribution in [0.4, 0.5) is 11.4 Å². The highest BCUT2D eigenvalue weighted by Gasteiger charge is 2.21. The van der Waals surface area contributed by atoms with Crippen molar-refractivity contribution >= 4 is 22.7 Å². The maximum Gasteiger partial charge on any atom is 0.333 e. The van der Waals surface area contributed by atoms with Crippen LogP contribution in [0.1, 0.15) is 25.0 Å². The standard InChI is InChI=1S/C15H18N2O3S/c1-10(2)20-14-6-4-5-13(15(14)17(18)19)16-7-12-9-21-8-11(12)3/h4-6,8-10,16H,7H2,1-3H3. The minimum Gasteiger partial charge on any atom is -0.484 e. The molecule has 0 saturated heterocycles. The number of hydrogen-bond acceptors (Lipinski definition) is 5. The summed E-state index contributed by atoms with van der Waals surface area (Å²) in [5.41, 5.74) is 2.79. The van der Waals surface area contributed by atoms with Gasteiger partial charge in [0.2, 0.25) is 0 Å². The highest BCUT2D eigenvalue weighted by atomic mass is 32.1. The van der Waals surface area contributed by atoms with Crippen LogP contribution < -0.4 is 10.1 Å². The molecule has 6 heteroatoms. The normalized spacial score (nSPS) is 10.7. The third-order valence-electron chi connectivity index (χ3n) is 2.98. The van der Waals surface area contributed by atoms with Crippen molar-refractivity contribution in [1.29, 1.82) is 0 Å². The lowest BCUT2D eigenvalue weighted by molar-refractivity contribution is -0.385. The van der Waals surface area contributed by atoms with Gasteiger partial charge in [0.05, 0.1) is 11.0 Å². The molecule has 0 unspecified atom stereocenters.